The number of benzene rings is 1. The SMILES string of the molecule is Cc1c(C(=O)NCC(N)C2CC2)nnn1-c1cccc(Br)c1.Cl. The fraction of sp³-hybridized carbons (Fsp3) is 0.400. The second-order valence-corrected chi connectivity index (χ2v) is 6.54. The molecule has 1 aromatic carbocycles. The van der Waals surface area contributed by atoms with Gasteiger partial charge in [-0.1, -0.05) is 27.2 Å². The number of nitrogens with one attached hydrogen (secondary N) is 1. The summed E-state index contributed by atoms with van der Waals surface area (Å²) in [6.45, 7) is 2.31. The van der Waals surface area contributed by atoms with Crippen LogP contribution in [-0.4, -0.2) is 33.5 Å². The Morgan fingerprint density at radius 3 is 2.91 bits per heavy atom. The second kappa shape index (κ2) is 7.42. The van der Waals surface area contributed by atoms with E-state index in [1.165, 1.54) is 0 Å². The van der Waals surface area contributed by atoms with Crippen LogP contribution in [0.3, 0.4) is 0 Å². The third kappa shape index (κ3) is 4.10. The molecular formula is C15H19BrClN5O. The van der Waals surface area contributed by atoms with Gasteiger partial charge in [0.2, 0.25) is 0 Å². The molecule has 0 bridgehead atoms. The molecule has 1 amide bonds. The third-order valence-electron chi connectivity index (χ3n) is 3.89. The van der Waals surface area contributed by atoms with Crippen molar-refractivity contribution < 1.29 is 4.79 Å². The average Bonchev–Trinajstić information content (AvgIpc) is 3.27. The summed E-state index contributed by atoms with van der Waals surface area (Å²) in [5.41, 5.74) is 7.89. The van der Waals surface area contributed by atoms with Gasteiger partial charge in [0, 0.05) is 17.1 Å². The molecule has 1 saturated carbocycles. The maximum Gasteiger partial charge on any atom is 0.273 e. The highest BCUT2D eigenvalue weighted by molar-refractivity contribution is 9.10. The van der Waals surface area contributed by atoms with E-state index in [0.29, 0.717) is 23.9 Å². The Morgan fingerprint density at radius 2 is 2.26 bits per heavy atom. The van der Waals surface area contributed by atoms with Crippen molar-refractivity contribution in [2.45, 2.75) is 25.8 Å². The number of carbonyl (C=O) groups excluding carboxylic acids is 1. The molecule has 3 rings (SSSR count). The van der Waals surface area contributed by atoms with Crippen molar-refractivity contribution in [3.05, 3.63) is 40.1 Å². The molecule has 0 spiro atoms. The summed E-state index contributed by atoms with van der Waals surface area (Å²) in [5, 5.41) is 10.9. The van der Waals surface area contributed by atoms with Crippen LogP contribution in [0.5, 0.6) is 0 Å². The molecule has 1 unspecified atom stereocenters. The van der Waals surface area contributed by atoms with Crippen LogP contribution in [0.2, 0.25) is 0 Å². The second-order valence-electron chi connectivity index (χ2n) is 5.63. The van der Waals surface area contributed by atoms with Crippen molar-refractivity contribution in [3.63, 3.8) is 0 Å². The summed E-state index contributed by atoms with van der Waals surface area (Å²) in [6.07, 6.45) is 2.32. The lowest BCUT2D eigenvalue weighted by Crippen LogP contribution is -2.38. The van der Waals surface area contributed by atoms with Gasteiger partial charge in [-0.05, 0) is 43.9 Å². The molecule has 2 aromatic rings. The van der Waals surface area contributed by atoms with Crippen molar-refractivity contribution in [3.8, 4) is 5.69 Å². The molecule has 23 heavy (non-hydrogen) atoms. The molecule has 1 aliphatic rings. The minimum absolute atomic E-state index is 0. The summed E-state index contributed by atoms with van der Waals surface area (Å²) < 4.78 is 2.60. The minimum atomic E-state index is -0.227. The number of nitrogens with two attached hydrogens (primary N) is 1. The molecule has 124 valence electrons. The largest absolute Gasteiger partial charge is 0.349 e. The minimum Gasteiger partial charge on any atom is -0.349 e. The fourth-order valence-electron chi connectivity index (χ4n) is 2.38. The first-order valence-corrected chi connectivity index (χ1v) is 8.07. The molecule has 8 heteroatoms. The first-order chi connectivity index (χ1) is 10.6. The molecule has 0 saturated heterocycles. The zero-order chi connectivity index (χ0) is 15.7. The number of nitrogens with zero attached hydrogens (tertiary/aromatic N) is 3. The molecular weight excluding hydrogens is 382 g/mol. The predicted octanol–water partition coefficient (Wildman–Crippen LogP) is 2.23. The monoisotopic (exact) mass is 399 g/mol. The quantitative estimate of drug-likeness (QED) is 0.806. The zero-order valence-electron chi connectivity index (χ0n) is 12.7. The first kappa shape index (κ1) is 17.9. The number of hydrogen-bond donors (Lipinski definition) is 2. The van der Waals surface area contributed by atoms with E-state index in [4.69, 9.17) is 5.73 Å². The summed E-state index contributed by atoms with van der Waals surface area (Å²) >= 11 is 3.43. The highest BCUT2D eigenvalue weighted by Gasteiger charge is 2.29. The normalized spacial score (nSPS) is 14.9. The molecule has 0 aliphatic heterocycles. The summed E-state index contributed by atoms with van der Waals surface area (Å²) in [6, 6.07) is 7.71. The molecule has 0 radical (unpaired) electrons. The maximum absolute atomic E-state index is 12.2. The van der Waals surface area contributed by atoms with Crippen LogP contribution in [0.25, 0.3) is 5.69 Å². The standard InChI is InChI=1S/C15H18BrN5O.ClH/c1-9-14(15(22)18-8-13(17)10-5-6-10)19-20-21(9)12-4-2-3-11(16)7-12;/h2-4,7,10,13H,5-6,8,17H2,1H3,(H,18,22);1H. The van der Waals surface area contributed by atoms with Gasteiger partial charge in [0.05, 0.1) is 11.4 Å². The summed E-state index contributed by atoms with van der Waals surface area (Å²) in [4.78, 5) is 12.2. The zero-order valence-corrected chi connectivity index (χ0v) is 15.1. The Morgan fingerprint density at radius 1 is 1.52 bits per heavy atom. The van der Waals surface area contributed by atoms with Crippen molar-refractivity contribution in [1.29, 1.82) is 0 Å². The third-order valence-corrected chi connectivity index (χ3v) is 4.38. The Bertz CT molecular complexity index is 701. The van der Waals surface area contributed by atoms with Gasteiger partial charge in [0.25, 0.3) is 5.91 Å². The predicted molar refractivity (Wildman–Crippen MR) is 94.1 cm³/mol. The Labute approximate surface area is 149 Å². The van der Waals surface area contributed by atoms with E-state index in [1.54, 1.807) is 4.68 Å². The van der Waals surface area contributed by atoms with Gasteiger partial charge in [0.1, 0.15) is 0 Å². The van der Waals surface area contributed by atoms with Crippen LogP contribution in [-0.2, 0) is 0 Å². The lowest BCUT2D eigenvalue weighted by Gasteiger charge is -2.10. The van der Waals surface area contributed by atoms with Gasteiger partial charge in [-0.25, -0.2) is 4.68 Å². The molecule has 1 aliphatic carbocycles. The Hall–Kier alpha value is -1.44. The highest BCUT2D eigenvalue weighted by atomic mass is 79.9. The lowest BCUT2D eigenvalue weighted by molar-refractivity contribution is 0.0944. The van der Waals surface area contributed by atoms with E-state index in [2.05, 4.69) is 31.6 Å². The number of amides is 1. The van der Waals surface area contributed by atoms with Crippen LogP contribution >= 0.6 is 28.3 Å². The summed E-state index contributed by atoms with van der Waals surface area (Å²) in [7, 11) is 0. The number of aromatic nitrogens is 3. The molecule has 1 fully saturated rings. The molecule has 1 aromatic heterocycles. The number of rotatable bonds is 5. The van der Waals surface area contributed by atoms with Crippen LogP contribution < -0.4 is 11.1 Å². The van der Waals surface area contributed by atoms with Gasteiger partial charge in [-0.3, -0.25) is 4.79 Å². The maximum atomic E-state index is 12.2. The van der Waals surface area contributed by atoms with Crippen LogP contribution in [0.4, 0.5) is 0 Å². The molecule has 3 N–H and O–H groups in total. The van der Waals surface area contributed by atoms with Gasteiger partial charge >= 0.3 is 0 Å². The number of halogens is 2. The van der Waals surface area contributed by atoms with Gasteiger partial charge in [0.15, 0.2) is 5.69 Å². The Kier molecular flexibility index (Phi) is 5.78. The average molecular weight is 401 g/mol. The van der Waals surface area contributed by atoms with Crippen LogP contribution in [0, 0.1) is 12.8 Å². The van der Waals surface area contributed by atoms with E-state index in [-0.39, 0.29) is 24.4 Å². The van der Waals surface area contributed by atoms with Gasteiger partial charge in [-0.2, -0.15) is 0 Å². The molecule has 1 atom stereocenters. The van der Waals surface area contributed by atoms with Gasteiger partial charge in [-0.15, -0.1) is 17.5 Å². The van der Waals surface area contributed by atoms with E-state index in [9.17, 15) is 4.79 Å². The van der Waals surface area contributed by atoms with Crippen LogP contribution in [0.1, 0.15) is 29.0 Å². The van der Waals surface area contributed by atoms with E-state index < -0.39 is 0 Å². The van der Waals surface area contributed by atoms with E-state index in [0.717, 1.165) is 23.0 Å². The van der Waals surface area contributed by atoms with E-state index in [1.807, 2.05) is 31.2 Å². The van der Waals surface area contributed by atoms with Crippen molar-refractivity contribution in [1.82, 2.24) is 20.3 Å². The van der Waals surface area contributed by atoms with Crippen molar-refractivity contribution in [2.24, 2.45) is 11.7 Å². The Balaban J connectivity index is 0.00000192. The highest BCUT2D eigenvalue weighted by Crippen LogP contribution is 2.31. The number of hydrogen-bond acceptors (Lipinski definition) is 4. The lowest BCUT2D eigenvalue weighted by atomic mass is 10.2. The van der Waals surface area contributed by atoms with Crippen molar-refractivity contribution >= 4 is 34.2 Å². The van der Waals surface area contributed by atoms with Gasteiger partial charge < -0.3 is 11.1 Å². The molecule has 6 nitrogen and oxygen atoms in total. The molecule has 1 heterocycles. The first-order valence-electron chi connectivity index (χ1n) is 7.28. The fourth-order valence-corrected chi connectivity index (χ4v) is 2.76. The van der Waals surface area contributed by atoms with E-state index >= 15 is 0 Å². The summed E-state index contributed by atoms with van der Waals surface area (Å²) in [5.74, 6) is 0.327. The van der Waals surface area contributed by atoms with Crippen molar-refractivity contribution in [2.75, 3.05) is 6.54 Å². The number of carbonyl (C=O) groups is 1. The van der Waals surface area contributed by atoms with Crippen LogP contribution in [0.15, 0.2) is 28.7 Å². The smallest absolute Gasteiger partial charge is 0.273 e. The topological polar surface area (TPSA) is 85.8 Å².